The first kappa shape index (κ1) is 10.7. The molecule has 0 saturated heterocycles. The van der Waals surface area contributed by atoms with Crippen molar-refractivity contribution in [2.75, 3.05) is 6.61 Å². The third-order valence-corrected chi connectivity index (χ3v) is 1.89. The molecule has 0 unspecified atom stereocenters. The van der Waals surface area contributed by atoms with Crippen molar-refractivity contribution in [2.45, 2.75) is 12.5 Å². The number of hydrogen-bond acceptors (Lipinski definition) is 3. The van der Waals surface area contributed by atoms with Crippen LogP contribution in [0.1, 0.15) is 11.1 Å². The molecule has 0 fully saturated rings. The van der Waals surface area contributed by atoms with Crippen LogP contribution >= 0.6 is 0 Å². The van der Waals surface area contributed by atoms with Gasteiger partial charge in [-0.1, -0.05) is 24.3 Å². The van der Waals surface area contributed by atoms with Crippen molar-refractivity contribution in [1.82, 2.24) is 0 Å². The first-order valence-corrected chi connectivity index (χ1v) is 4.31. The van der Waals surface area contributed by atoms with Crippen LogP contribution in [0.2, 0.25) is 0 Å². The average molecular weight is 195 g/mol. The summed E-state index contributed by atoms with van der Waals surface area (Å²) in [5.74, 6) is -1.18. The summed E-state index contributed by atoms with van der Waals surface area (Å²) >= 11 is 0. The highest BCUT2D eigenvalue weighted by atomic mass is 16.4. The normalized spacial score (nSPS) is 13.3. The second-order valence-corrected chi connectivity index (χ2v) is 3.07. The number of benzene rings is 1. The number of fused-ring (bicyclic) bond motifs is 1. The van der Waals surface area contributed by atoms with Crippen LogP contribution < -0.4 is 5.73 Å². The van der Waals surface area contributed by atoms with Gasteiger partial charge in [0.25, 0.3) is 0 Å². The third kappa shape index (κ3) is 3.16. The Balaban J connectivity index is 0.000000140. The van der Waals surface area contributed by atoms with Gasteiger partial charge in [-0.05, 0) is 17.5 Å². The van der Waals surface area contributed by atoms with E-state index >= 15 is 0 Å². The molecule has 0 amide bonds. The van der Waals surface area contributed by atoms with Crippen LogP contribution in [-0.4, -0.2) is 28.8 Å². The van der Waals surface area contributed by atoms with Crippen LogP contribution in [0.5, 0.6) is 0 Å². The quantitative estimate of drug-likeness (QED) is 0.629. The van der Waals surface area contributed by atoms with E-state index in [2.05, 4.69) is 24.3 Å². The van der Waals surface area contributed by atoms with Crippen molar-refractivity contribution in [3.63, 3.8) is 0 Å². The molecule has 0 aliphatic heterocycles. The molecule has 0 aromatic heterocycles. The van der Waals surface area contributed by atoms with E-state index in [0.29, 0.717) is 0 Å². The van der Waals surface area contributed by atoms with Gasteiger partial charge in [-0.15, -0.1) is 0 Å². The van der Waals surface area contributed by atoms with E-state index < -0.39 is 18.6 Å². The molecule has 1 aliphatic rings. The van der Waals surface area contributed by atoms with Gasteiger partial charge in [-0.25, -0.2) is 0 Å². The van der Waals surface area contributed by atoms with Crippen LogP contribution in [-0.2, 0) is 11.2 Å². The van der Waals surface area contributed by atoms with Crippen molar-refractivity contribution in [2.24, 2.45) is 5.73 Å². The zero-order valence-electron chi connectivity index (χ0n) is 7.68. The van der Waals surface area contributed by atoms with Crippen molar-refractivity contribution in [3.8, 4) is 0 Å². The van der Waals surface area contributed by atoms with E-state index in [1.807, 2.05) is 0 Å². The lowest BCUT2D eigenvalue weighted by molar-refractivity contribution is -0.139. The molecule has 4 nitrogen and oxygen atoms in total. The molecule has 4 heteroatoms. The minimum absolute atomic E-state index is 0.505. The van der Waals surface area contributed by atoms with Crippen molar-refractivity contribution >= 4 is 5.97 Å². The predicted molar refractivity (Wildman–Crippen MR) is 51.9 cm³/mol. The van der Waals surface area contributed by atoms with Gasteiger partial charge in [0.2, 0.25) is 0 Å². The minimum Gasteiger partial charge on any atom is -0.480 e. The molecule has 1 atom stereocenters. The smallest absolute Gasteiger partial charge is 0.322 e. The van der Waals surface area contributed by atoms with Gasteiger partial charge in [0.1, 0.15) is 6.04 Å². The van der Waals surface area contributed by atoms with Crippen LogP contribution in [0.3, 0.4) is 0 Å². The van der Waals surface area contributed by atoms with Gasteiger partial charge in [0.15, 0.2) is 0 Å². The standard InChI is InChI=1S/C7H6.C3H7NO3/c1-2-4-7-5-6(7)3-1;4-2(1-5)3(6)7/h1-4H,5H2;2,5H,1,4H2,(H,6,7)/t;2-/m.0/s1. The fourth-order valence-corrected chi connectivity index (χ4v) is 0.914. The van der Waals surface area contributed by atoms with Crippen LogP contribution in [0.15, 0.2) is 24.3 Å². The maximum atomic E-state index is 9.65. The van der Waals surface area contributed by atoms with Gasteiger partial charge in [0, 0.05) is 0 Å². The number of carboxylic acids is 1. The maximum absolute atomic E-state index is 9.65. The van der Waals surface area contributed by atoms with E-state index in [-0.39, 0.29) is 0 Å². The topological polar surface area (TPSA) is 83.5 Å². The number of carboxylic acid groups (broad SMARTS) is 1. The van der Waals surface area contributed by atoms with E-state index in [0.717, 1.165) is 0 Å². The Labute approximate surface area is 82.0 Å². The number of aliphatic carboxylic acids is 1. The molecule has 0 saturated carbocycles. The summed E-state index contributed by atoms with van der Waals surface area (Å²) in [6.45, 7) is -0.505. The summed E-state index contributed by atoms with van der Waals surface area (Å²) in [7, 11) is 0. The Morgan fingerprint density at radius 2 is 1.93 bits per heavy atom. The van der Waals surface area contributed by atoms with Gasteiger partial charge in [-0.3, -0.25) is 4.79 Å². The lowest BCUT2D eigenvalue weighted by Gasteiger charge is -1.96. The summed E-state index contributed by atoms with van der Waals surface area (Å²) in [4.78, 5) is 9.65. The third-order valence-electron chi connectivity index (χ3n) is 1.89. The second kappa shape index (κ2) is 4.74. The zero-order chi connectivity index (χ0) is 10.6. The molecule has 0 radical (unpaired) electrons. The van der Waals surface area contributed by atoms with E-state index in [9.17, 15) is 4.79 Å². The molecular weight excluding hydrogens is 182 g/mol. The summed E-state index contributed by atoms with van der Waals surface area (Å²) in [5, 5.41) is 15.9. The average Bonchev–Trinajstić information content (AvgIpc) is 2.96. The monoisotopic (exact) mass is 195 g/mol. The molecule has 2 rings (SSSR count). The molecule has 1 aliphatic carbocycles. The summed E-state index contributed by atoms with van der Waals surface area (Å²) in [5.41, 5.74) is 7.83. The van der Waals surface area contributed by atoms with Gasteiger partial charge < -0.3 is 15.9 Å². The molecule has 0 heterocycles. The van der Waals surface area contributed by atoms with Crippen LogP contribution in [0, 0.1) is 0 Å². The van der Waals surface area contributed by atoms with Gasteiger partial charge in [0.05, 0.1) is 6.61 Å². The number of aliphatic hydroxyl groups is 1. The van der Waals surface area contributed by atoms with E-state index in [1.165, 1.54) is 17.5 Å². The number of carbonyl (C=O) groups is 1. The van der Waals surface area contributed by atoms with Gasteiger partial charge in [-0.2, -0.15) is 0 Å². The molecule has 76 valence electrons. The highest BCUT2D eigenvalue weighted by Gasteiger charge is 2.12. The molecule has 1 aromatic carbocycles. The van der Waals surface area contributed by atoms with Crippen LogP contribution in [0.4, 0.5) is 0 Å². The Bertz CT molecular complexity index is 304. The SMILES string of the molecule is N[C@@H](CO)C(=O)O.c1ccc2c(c1)C2. The predicted octanol–water partition coefficient (Wildman–Crippen LogP) is -0.0186. The van der Waals surface area contributed by atoms with E-state index in [1.54, 1.807) is 0 Å². The minimum atomic E-state index is -1.18. The van der Waals surface area contributed by atoms with Crippen molar-refractivity contribution in [1.29, 1.82) is 0 Å². The first-order chi connectivity index (χ1) is 6.65. The molecule has 1 aromatic rings. The van der Waals surface area contributed by atoms with E-state index in [4.69, 9.17) is 15.9 Å². The Hall–Kier alpha value is -1.39. The molecule has 0 spiro atoms. The first-order valence-electron chi connectivity index (χ1n) is 4.31. The summed E-state index contributed by atoms with van der Waals surface area (Å²) < 4.78 is 0. The maximum Gasteiger partial charge on any atom is 0.322 e. The Kier molecular flexibility index (Phi) is 3.62. The molecule has 4 N–H and O–H groups in total. The zero-order valence-corrected chi connectivity index (χ0v) is 7.68. The number of nitrogens with two attached hydrogens (primary N) is 1. The highest BCUT2D eigenvalue weighted by Crippen LogP contribution is 2.25. The molecule has 0 bridgehead atoms. The summed E-state index contributed by atoms with van der Waals surface area (Å²) in [6.07, 6.45) is 1.24. The molecule has 14 heavy (non-hydrogen) atoms. The van der Waals surface area contributed by atoms with Crippen molar-refractivity contribution < 1.29 is 15.0 Å². The lowest BCUT2D eigenvalue weighted by Crippen LogP contribution is -2.33. The van der Waals surface area contributed by atoms with Crippen LogP contribution in [0.25, 0.3) is 0 Å². The Morgan fingerprint density at radius 3 is 2.14 bits per heavy atom. The fourth-order valence-electron chi connectivity index (χ4n) is 0.914. The number of rotatable bonds is 2. The number of hydrogen-bond donors (Lipinski definition) is 3. The Morgan fingerprint density at radius 1 is 1.43 bits per heavy atom. The molecular formula is C10H13NO3. The lowest BCUT2D eigenvalue weighted by atomic mass is 10.3. The fraction of sp³-hybridized carbons (Fsp3) is 0.300. The highest BCUT2D eigenvalue weighted by molar-refractivity contribution is 5.73. The van der Waals surface area contributed by atoms with Gasteiger partial charge >= 0.3 is 5.97 Å². The number of aliphatic hydroxyl groups excluding tert-OH is 1. The largest absolute Gasteiger partial charge is 0.480 e. The second-order valence-electron chi connectivity index (χ2n) is 3.07. The summed E-state index contributed by atoms with van der Waals surface area (Å²) in [6, 6.07) is 7.41. The van der Waals surface area contributed by atoms with Crippen molar-refractivity contribution in [3.05, 3.63) is 35.4 Å².